The second kappa shape index (κ2) is 10.9. The van der Waals surface area contributed by atoms with Crippen LogP contribution in [-0.4, -0.2) is 25.3 Å². The van der Waals surface area contributed by atoms with E-state index in [0.29, 0.717) is 24.2 Å². The number of hydrogen-bond acceptors (Lipinski definition) is 4. The highest BCUT2D eigenvalue weighted by Gasteiger charge is 2.14. The highest BCUT2D eigenvalue weighted by molar-refractivity contribution is 5.72. The first kappa shape index (κ1) is 23.5. The van der Waals surface area contributed by atoms with E-state index in [-0.39, 0.29) is 17.7 Å². The predicted molar refractivity (Wildman–Crippen MR) is 123 cm³/mol. The zero-order valence-electron chi connectivity index (χ0n) is 18.7. The van der Waals surface area contributed by atoms with Crippen molar-refractivity contribution < 1.29 is 23.8 Å². The van der Waals surface area contributed by atoms with Crippen molar-refractivity contribution in [2.75, 3.05) is 14.2 Å². The van der Waals surface area contributed by atoms with Crippen molar-refractivity contribution in [2.24, 2.45) is 5.92 Å². The normalized spacial score (nSPS) is 12.8. The number of esters is 1. The Morgan fingerprint density at radius 2 is 1.62 bits per heavy atom. The Labute approximate surface area is 188 Å². The fraction of sp³-hybridized carbons (Fsp3) is 0.296. The van der Waals surface area contributed by atoms with Gasteiger partial charge in [0.1, 0.15) is 11.6 Å². The fourth-order valence-electron chi connectivity index (χ4n) is 3.69. The molecule has 2 atom stereocenters. The van der Waals surface area contributed by atoms with Crippen molar-refractivity contribution in [1.82, 2.24) is 0 Å². The lowest BCUT2D eigenvalue weighted by Crippen LogP contribution is -2.15. The number of carbonyl (C=O) groups excluding carboxylic acids is 1. The van der Waals surface area contributed by atoms with Gasteiger partial charge in [-0.25, -0.2) is 4.39 Å². The van der Waals surface area contributed by atoms with Crippen molar-refractivity contribution in [1.29, 1.82) is 0 Å². The zero-order chi connectivity index (χ0) is 23.1. The highest BCUT2D eigenvalue weighted by Crippen LogP contribution is 2.29. The molecule has 0 saturated carbocycles. The Hall–Kier alpha value is -3.18. The Morgan fingerprint density at radius 1 is 0.969 bits per heavy atom. The number of rotatable bonds is 9. The van der Waals surface area contributed by atoms with E-state index in [1.54, 1.807) is 19.2 Å². The maximum atomic E-state index is 14.2. The summed E-state index contributed by atoms with van der Waals surface area (Å²) in [7, 11) is 2.95. The monoisotopic (exact) mass is 436 g/mol. The summed E-state index contributed by atoms with van der Waals surface area (Å²) in [5.74, 6) is -0.113. The van der Waals surface area contributed by atoms with Gasteiger partial charge in [-0.3, -0.25) is 4.79 Å². The van der Waals surface area contributed by atoms with Gasteiger partial charge in [0.05, 0.1) is 26.2 Å². The first-order valence-electron chi connectivity index (χ1n) is 10.7. The molecule has 32 heavy (non-hydrogen) atoms. The Morgan fingerprint density at radius 3 is 2.25 bits per heavy atom. The number of carbonyl (C=O) groups is 1. The molecule has 1 N–H and O–H groups in total. The molecule has 168 valence electrons. The van der Waals surface area contributed by atoms with Gasteiger partial charge in [-0.15, -0.1) is 0 Å². The van der Waals surface area contributed by atoms with Crippen LogP contribution in [0.1, 0.15) is 36.1 Å². The molecule has 0 heterocycles. The molecule has 0 aliphatic carbocycles. The third-order valence-electron chi connectivity index (χ3n) is 5.65. The van der Waals surface area contributed by atoms with Crippen molar-refractivity contribution >= 4 is 5.97 Å². The summed E-state index contributed by atoms with van der Waals surface area (Å²) in [6.45, 7) is 1.85. The van der Waals surface area contributed by atoms with Crippen LogP contribution >= 0.6 is 0 Å². The van der Waals surface area contributed by atoms with Crippen LogP contribution in [0.2, 0.25) is 0 Å². The number of aliphatic hydroxyl groups excluding tert-OH is 1. The van der Waals surface area contributed by atoms with E-state index in [2.05, 4.69) is 0 Å². The maximum Gasteiger partial charge on any atom is 0.308 e. The quantitative estimate of drug-likeness (QED) is 0.449. The molecule has 3 aromatic rings. The minimum Gasteiger partial charge on any atom is -0.497 e. The summed E-state index contributed by atoms with van der Waals surface area (Å²) in [4.78, 5) is 11.6. The topological polar surface area (TPSA) is 55.8 Å². The van der Waals surface area contributed by atoms with Crippen LogP contribution in [0.3, 0.4) is 0 Å². The predicted octanol–water partition coefficient (Wildman–Crippen LogP) is 5.52. The lowest BCUT2D eigenvalue weighted by molar-refractivity contribution is -0.144. The van der Waals surface area contributed by atoms with Crippen LogP contribution < -0.4 is 4.74 Å². The molecule has 0 fully saturated rings. The number of methoxy groups -OCH3 is 2. The van der Waals surface area contributed by atoms with Gasteiger partial charge in [0, 0.05) is 5.56 Å². The largest absolute Gasteiger partial charge is 0.497 e. The Kier molecular flexibility index (Phi) is 8.01. The number of hydrogen-bond donors (Lipinski definition) is 1. The molecule has 4 nitrogen and oxygen atoms in total. The zero-order valence-corrected chi connectivity index (χ0v) is 18.7. The molecule has 0 aliphatic heterocycles. The molecule has 3 rings (SSSR count). The van der Waals surface area contributed by atoms with E-state index in [1.165, 1.54) is 13.2 Å². The number of benzene rings is 3. The average Bonchev–Trinajstić information content (AvgIpc) is 2.83. The third kappa shape index (κ3) is 5.95. The third-order valence-corrected chi connectivity index (χ3v) is 5.65. The molecule has 0 aromatic heterocycles. The molecule has 0 amide bonds. The summed E-state index contributed by atoms with van der Waals surface area (Å²) in [6, 6.07) is 20.0. The molecule has 3 aromatic carbocycles. The van der Waals surface area contributed by atoms with Crippen molar-refractivity contribution in [2.45, 2.75) is 32.3 Å². The minimum atomic E-state index is -0.613. The summed E-state index contributed by atoms with van der Waals surface area (Å²) >= 11 is 0. The molecule has 5 heteroatoms. The Bertz CT molecular complexity index is 1030. The molecule has 0 bridgehead atoms. The van der Waals surface area contributed by atoms with E-state index in [9.17, 15) is 14.3 Å². The number of aryl methyl sites for hydroxylation is 1. The number of aliphatic hydroxyl groups is 1. The van der Waals surface area contributed by atoms with Crippen LogP contribution in [0.25, 0.3) is 11.1 Å². The molecular weight excluding hydrogens is 407 g/mol. The molecule has 0 spiro atoms. The molecule has 0 saturated heterocycles. The standard InChI is InChI=1S/C27H29FO4/c1-18(27(30)32-3)16-20-6-4-19(5-7-20)8-15-26(29)22-11-9-21(10-12-22)24-17-23(31-2)13-14-25(24)28/h4-7,9-14,17-18,26,29H,8,15-16H2,1-3H3. The summed E-state index contributed by atoms with van der Waals surface area (Å²) in [6.07, 6.45) is 1.32. The van der Waals surface area contributed by atoms with Gasteiger partial charge in [0.15, 0.2) is 0 Å². The molecule has 2 unspecified atom stereocenters. The minimum absolute atomic E-state index is 0.180. The van der Waals surface area contributed by atoms with Crippen molar-refractivity contribution in [3.05, 3.63) is 89.2 Å². The van der Waals surface area contributed by atoms with Gasteiger partial charge in [-0.05, 0) is 59.7 Å². The van der Waals surface area contributed by atoms with Gasteiger partial charge in [-0.1, -0.05) is 55.5 Å². The molecular formula is C27H29FO4. The first-order chi connectivity index (χ1) is 15.4. The fourth-order valence-corrected chi connectivity index (χ4v) is 3.69. The van der Waals surface area contributed by atoms with Crippen LogP contribution in [0.4, 0.5) is 4.39 Å². The molecule has 0 aliphatic rings. The summed E-state index contributed by atoms with van der Waals surface area (Å²) in [5.41, 5.74) is 4.18. The lowest BCUT2D eigenvalue weighted by Gasteiger charge is -2.13. The average molecular weight is 437 g/mol. The highest BCUT2D eigenvalue weighted by atomic mass is 19.1. The van der Waals surface area contributed by atoms with E-state index >= 15 is 0 Å². The van der Waals surface area contributed by atoms with E-state index < -0.39 is 6.10 Å². The second-order valence-corrected chi connectivity index (χ2v) is 7.97. The van der Waals surface area contributed by atoms with Gasteiger partial charge < -0.3 is 14.6 Å². The van der Waals surface area contributed by atoms with Crippen molar-refractivity contribution in [3.63, 3.8) is 0 Å². The van der Waals surface area contributed by atoms with Crippen molar-refractivity contribution in [3.8, 4) is 16.9 Å². The van der Waals surface area contributed by atoms with Gasteiger partial charge in [0.2, 0.25) is 0 Å². The molecule has 0 radical (unpaired) electrons. The SMILES string of the molecule is COC(=O)C(C)Cc1ccc(CCC(O)c2ccc(-c3cc(OC)ccc3F)cc2)cc1. The van der Waals surface area contributed by atoms with Crippen LogP contribution in [0.5, 0.6) is 5.75 Å². The van der Waals surface area contributed by atoms with Gasteiger partial charge in [-0.2, -0.15) is 0 Å². The first-order valence-corrected chi connectivity index (χ1v) is 10.7. The second-order valence-electron chi connectivity index (χ2n) is 7.97. The smallest absolute Gasteiger partial charge is 0.308 e. The summed E-state index contributed by atoms with van der Waals surface area (Å²) in [5, 5.41) is 10.6. The van der Waals surface area contributed by atoms with Gasteiger partial charge >= 0.3 is 5.97 Å². The number of halogens is 1. The summed E-state index contributed by atoms with van der Waals surface area (Å²) < 4.78 is 24.1. The Balaban J connectivity index is 1.58. The lowest BCUT2D eigenvalue weighted by atomic mass is 9.96. The van der Waals surface area contributed by atoms with E-state index in [0.717, 1.165) is 28.7 Å². The van der Waals surface area contributed by atoms with E-state index in [1.807, 2.05) is 55.5 Å². The number of ether oxygens (including phenoxy) is 2. The van der Waals surface area contributed by atoms with Crippen LogP contribution in [0.15, 0.2) is 66.7 Å². The van der Waals surface area contributed by atoms with Gasteiger partial charge in [0.25, 0.3) is 0 Å². The van der Waals surface area contributed by atoms with Crippen LogP contribution in [-0.2, 0) is 22.4 Å². The van der Waals surface area contributed by atoms with Crippen LogP contribution in [0, 0.1) is 11.7 Å². The maximum absolute atomic E-state index is 14.2. The van der Waals surface area contributed by atoms with E-state index in [4.69, 9.17) is 9.47 Å².